The van der Waals surface area contributed by atoms with Crippen molar-refractivity contribution in [1.29, 1.82) is 0 Å². The molecule has 1 amide bonds. The third kappa shape index (κ3) is 4.60. The number of carbonyl (C=O) groups excluding carboxylic acids is 1. The summed E-state index contributed by atoms with van der Waals surface area (Å²) in [7, 11) is 0. The molecule has 4 nitrogen and oxygen atoms in total. The van der Waals surface area contributed by atoms with Crippen molar-refractivity contribution in [2.24, 2.45) is 5.10 Å². The van der Waals surface area contributed by atoms with E-state index >= 15 is 0 Å². The van der Waals surface area contributed by atoms with E-state index in [0.29, 0.717) is 10.6 Å². The summed E-state index contributed by atoms with van der Waals surface area (Å²) in [4.78, 5) is 12.2. The number of hydrazone groups is 1. The Bertz CT molecular complexity index is 1060. The minimum absolute atomic E-state index is 0.122. The van der Waals surface area contributed by atoms with Crippen LogP contribution in [0.25, 0.3) is 5.69 Å². The number of carbonyl (C=O) groups is 1. The third-order valence-electron chi connectivity index (χ3n) is 4.95. The summed E-state index contributed by atoms with van der Waals surface area (Å²) in [5.41, 5.74) is 8.57. The summed E-state index contributed by atoms with van der Waals surface area (Å²) in [6.45, 7) is 10.7. The van der Waals surface area contributed by atoms with E-state index in [1.165, 1.54) is 5.56 Å². The first kappa shape index (κ1) is 20.9. The molecule has 0 radical (unpaired) electrons. The van der Waals surface area contributed by atoms with Gasteiger partial charge in [0, 0.05) is 22.6 Å². The molecule has 0 atom stereocenters. The number of rotatable bonds is 4. The lowest BCUT2D eigenvalue weighted by molar-refractivity contribution is 0.0955. The minimum Gasteiger partial charge on any atom is -0.318 e. The molecule has 0 aliphatic rings. The molecule has 1 N–H and O–H groups in total. The lowest BCUT2D eigenvalue weighted by Gasteiger charge is -2.20. The van der Waals surface area contributed by atoms with Crippen molar-refractivity contribution in [1.82, 2.24) is 9.99 Å². The summed E-state index contributed by atoms with van der Waals surface area (Å²) in [6.07, 6.45) is 1.66. The molecule has 3 aromatic rings. The molecule has 1 aromatic heterocycles. The molecule has 0 fully saturated rings. The highest BCUT2D eigenvalue weighted by Crippen LogP contribution is 2.25. The molecule has 5 heteroatoms. The number of aromatic nitrogens is 1. The van der Waals surface area contributed by atoms with Gasteiger partial charge in [-0.1, -0.05) is 56.6 Å². The lowest BCUT2D eigenvalue weighted by Crippen LogP contribution is -2.18. The van der Waals surface area contributed by atoms with Crippen molar-refractivity contribution in [3.63, 3.8) is 0 Å². The second-order valence-electron chi connectivity index (χ2n) is 8.14. The Morgan fingerprint density at radius 2 is 1.72 bits per heavy atom. The molecule has 0 aliphatic heterocycles. The summed E-state index contributed by atoms with van der Waals surface area (Å²) >= 11 is 6.06. The summed E-state index contributed by atoms with van der Waals surface area (Å²) < 4.78 is 2.18. The highest BCUT2D eigenvalue weighted by molar-refractivity contribution is 6.33. The summed E-state index contributed by atoms with van der Waals surface area (Å²) in [5.74, 6) is -0.335. The molecule has 2 aromatic carbocycles. The largest absolute Gasteiger partial charge is 0.318 e. The zero-order valence-corrected chi connectivity index (χ0v) is 18.2. The Hall–Kier alpha value is -2.85. The Kier molecular flexibility index (Phi) is 5.94. The number of amides is 1. The molecular formula is C24H26ClN3O. The number of nitrogens with zero attached hydrogens (tertiary/aromatic N) is 2. The van der Waals surface area contributed by atoms with Crippen LogP contribution in [0.5, 0.6) is 0 Å². The fraction of sp³-hybridized carbons (Fsp3) is 0.250. The number of aryl methyl sites for hydroxylation is 1. The fourth-order valence-corrected chi connectivity index (χ4v) is 3.51. The van der Waals surface area contributed by atoms with Crippen LogP contribution in [-0.2, 0) is 5.41 Å². The van der Waals surface area contributed by atoms with Gasteiger partial charge in [0.05, 0.1) is 16.8 Å². The van der Waals surface area contributed by atoms with Gasteiger partial charge in [0.25, 0.3) is 5.91 Å². The van der Waals surface area contributed by atoms with Gasteiger partial charge in [-0.25, -0.2) is 5.43 Å². The number of halogens is 1. The quantitative estimate of drug-likeness (QED) is 0.430. The molecule has 0 aliphatic carbocycles. The Morgan fingerprint density at radius 1 is 1.07 bits per heavy atom. The zero-order valence-electron chi connectivity index (χ0n) is 17.5. The molecular weight excluding hydrogens is 382 g/mol. The highest BCUT2D eigenvalue weighted by atomic mass is 35.5. The minimum atomic E-state index is -0.335. The second-order valence-corrected chi connectivity index (χ2v) is 8.54. The molecule has 0 unspecified atom stereocenters. The topological polar surface area (TPSA) is 46.4 Å². The van der Waals surface area contributed by atoms with Gasteiger partial charge in [-0.05, 0) is 55.2 Å². The average Bonchev–Trinajstić information content (AvgIpc) is 2.95. The van der Waals surface area contributed by atoms with E-state index in [0.717, 1.165) is 22.6 Å². The van der Waals surface area contributed by atoms with Crippen LogP contribution in [0.2, 0.25) is 5.02 Å². The Balaban J connectivity index is 1.80. The van der Waals surface area contributed by atoms with E-state index in [4.69, 9.17) is 11.6 Å². The van der Waals surface area contributed by atoms with Crippen molar-refractivity contribution in [2.75, 3.05) is 0 Å². The van der Waals surface area contributed by atoms with Gasteiger partial charge in [0.1, 0.15) is 0 Å². The maximum absolute atomic E-state index is 12.2. The van der Waals surface area contributed by atoms with Crippen molar-refractivity contribution in [3.05, 3.63) is 87.7 Å². The summed E-state index contributed by atoms with van der Waals surface area (Å²) in [5, 5.41) is 4.52. The summed E-state index contributed by atoms with van der Waals surface area (Å²) in [6, 6.07) is 17.6. The Morgan fingerprint density at radius 3 is 2.34 bits per heavy atom. The van der Waals surface area contributed by atoms with Crippen LogP contribution in [0, 0.1) is 13.8 Å². The van der Waals surface area contributed by atoms with Crippen LogP contribution in [0.3, 0.4) is 0 Å². The lowest BCUT2D eigenvalue weighted by atomic mass is 9.87. The number of hydrogen-bond acceptors (Lipinski definition) is 2. The van der Waals surface area contributed by atoms with Crippen molar-refractivity contribution in [3.8, 4) is 5.69 Å². The van der Waals surface area contributed by atoms with Crippen LogP contribution in [0.4, 0.5) is 0 Å². The van der Waals surface area contributed by atoms with E-state index in [-0.39, 0.29) is 11.3 Å². The van der Waals surface area contributed by atoms with Crippen LogP contribution < -0.4 is 5.43 Å². The van der Waals surface area contributed by atoms with E-state index < -0.39 is 0 Å². The van der Waals surface area contributed by atoms with Gasteiger partial charge in [-0.2, -0.15) is 5.10 Å². The zero-order chi connectivity index (χ0) is 21.2. The van der Waals surface area contributed by atoms with Gasteiger partial charge in [-0.15, -0.1) is 0 Å². The number of benzene rings is 2. The maximum Gasteiger partial charge on any atom is 0.272 e. The van der Waals surface area contributed by atoms with Crippen LogP contribution >= 0.6 is 11.6 Å². The van der Waals surface area contributed by atoms with E-state index in [1.807, 2.05) is 6.92 Å². The Labute approximate surface area is 177 Å². The van der Waals surface area contributed by atoms with E-state index in [1.54, 1.807) is 30.5 Å². The molecule has 0 saturated carbocycles. The molecule has 0 saturated heterocycles. The van der Waals surface area contributed by atoms with Crippen LogP contribution in [0.1, 0.15) is 53.6 Å². The SMILES string of the molecule is Cc1cc(/C=N\NC(=O)c2ccccc2Cl)c(C)n1-c1ccc(C(C)(C)C)cc1. The molecule has 0 bridgehead atoms. The van der Waals surface area contributed by atoms with Crippen molar-refractivity contribution in [2.45, 2.75) is 40.0 Å². The predicted octanol–water partition coefficient (Wildman–Crippen LogP) is 5.81. The standard InChI is InChI=1S/C24H26ClN3O/c1-16-14-18(15-26-27-23(29)21-8-6-7-9-22(21)25)17(2)28(16)20-12-10-19(11-13-20)24(3,4)5/h6-15H,1-5H3,(H,27,29)/b26-15-. The van der Waals surface area contributed by atoms with Gasteiger partial charge in [0.15, 0.2) is 0 Å². The molecule has 150 valence electrons. The molecule has 0 spiro atoms. The van der Waals surface area contributed by atoms with Crippen LogP contribution in [-0.4, -0.2) is 16.7 Å². The molecule has 1 heterocycles. The van der Waals surface area contributed by atoms with Crippen molar-refractivity contribution >= 4 is 23.7 Å². The first-order chi connectivity index (χ1) is 13.7. The molecule has 3 rings (SSSR count). The smallest absolute Gasteiger partial charge is 0.272 e. The normalized spacial score (nSPS) is 11.8. The first-order valence-electron chi connectivity index (χ1n) is 9.56. The van der Waals surface area contributed by atoms with Gasteiger partial charge >= 0.3 is 0 Å². The number of nitrogens with one attached hydrogen (secondary N) is 1. The highest BCUT2D eigenvalue weighted by Gasteiger charge is 2.15. The van der Waals surface area contributed by atoms with E-state index in [9.17, 15) is 4.79 Å². The van der Waals surface area contributed by atoms with Crippen LogP contribution in [0.15, 0.2) is 59.7 Å². The monoisotopic (exact) mass is 407 g/mol. The second kappa shape index (κ2) is 8.26. The maximum atomic E-state index is 12.2. The van der Waals surface area contributed by atoms with Gasteiger partial charge in [-0.3, -0.25) is 4.79 Å². The van der Waals surface area contributed by atoms with Gasteiger partial charge in [0.2, 0.25) is 0 Å². The average molecular weight is 408 g/mol. The molecule has 29 heavy (non-hydrogen) atoms. The third-order valence-corrected chi connectivity index (χ3v) is 5.28. The first-order valence-corrected chi connectivity index (χ1v) is 9.94. The predicted molar refractivity (Wildman–Crippen MR) is 120 cm³/mol. The van der Waals surface area contributed by atoms with Gasteiger partial charge < -0.3 is 4.57 Å². The van der Waals surface area contributed by atoms with E-state index in [2.05, 4.69) is 73.1 Å². The van der Waals surface area contributed by atoms with Crippen molar-refractivity contribution < 1.29 is 4.79 Å². The number of hydrogen-bond donors (Lipinski definition) is 1. The fourth-order valence-electron chi connectivity index (χ4n) is 3.29.